The van der Waals surface area contributed by atoms with Crippen LogP contribution in [0.2, 0.25) is 0 Å². The highest BCUT2D eigenvalue weighted by atomic mass is 14.5. The van der Waals surface area contributed by atoms with Crippen molar-refractivity contribution < 1.29 is 0 Å². The monoisotopic (exact) mass is 186 g/mol. The molecule has 3 atom stereocenters. The van der Waals surface area contributed by atoms with Crippen molar-refractivity contribution in [2.75, 3.05) is 0 Å². The van der Waals surface area contributed by atoms with Gasteiger partial charge in [0.05, 0.1) is 0 Å². The van der Waals surface area contributed by atoms with Gasteiger partial charge in [0.1, 0.15) is 0 Å². The molecule has 0 aromatic rings. The molecular formula is C14H18. The lowest BCUT2D eigenvalue weighted by atomic mass is 9.75. The van der Waals surface area contributed by atoms with Crippen molar-refractivity contribution >= 4 is 0 Å². The number of fused-ring (bicyclic) bond motifs is 3. The van der Waals surface area contributed by atoms with Crippen LogP contribution in [-0.4, -0.2) is 0 Å². The lowest BCUT2D eigenvalue weighted by molar-refractivity contribution is 0.326. The zero-order valence-corrected chi connectivity index (χ0v) is 9.09. The first-order chi connectivity index (χ1) is 6.75. The Labute approximate surface area is 86.4 Å². The minimum absolute atomic E-state index is 0.533. The summed E-state index contributed by atoms with van der Waals surface area (Å²) in [7, 11) is 0. The van der Waals surface area contributed by atoms with Crippen LogP contribution >= 0.6 is 0 Å². The van der Waals surface area contributed by atoms with Crippen LogP contribution < -0.4 is 0 Å². The van der Waals surface area contributed by atoms with Gasteiger partial charge in [-0.1, -0.05) is 31.2 Å². The molecule has 2 bridgehead atoms. The molecule has 0 radical (unpaired) electrons. The summed E-state index contributed by atoms with van der Waals surface area (Å²) in [4.78, 5) is 0. The summed E-state index contributed by atoms with van der Waals surface area (Å²) in [5.74, 6) is 1.66. The van der Waals surface area contributed by atoms with Crippen LogP contribution in [-0.2, 0) is 0 Å². The van der Waals surface area contributed by atoms with Crippen LogP contribution in [0.4, 0.5) is 0 Å². The fraction of sp³-hybridized carbons (Fsp3) is 0.571. The highest BCUT2D eigenvalue weighted by Gasteiger charge is 2.48. The smallest absolute Gasteiger partial charge is 0.0115 e. The van der Waals surface area contributed by atoms with Crippen LogP contribution in [0.1, 0.15) is 33.1 Å². The Morgan fingerprint density at radius 3 is 2.93 bits per heavy atom. The molecule has 3 aliphatic carbocycles. The Balaban J connectivity index is 2.02. The molecule has 0 aromatic heterocycles. The van der Waals surface area contributed by atoms with E-state index in [-0.39, 0.29) is 0 Å². The second-order valence-electron chi connectivity index (χ2n) is 5.26. The van der Waals surface area contributed by atoms with E-state index in [1.807, 2.05) is 0 Å². The number of hydrogen-bond donors (Lipinski definition) is 0. The second-order valence-corrected chi connectivity index (χ2v) is 5.26. The number of allylic oxidation sites excluding steroid dienone is 6. The Kier molecular flexibility index (Phi) is 1.60. The summed E-state index contributed by atoms with van der Waals surface area (Å²) >= 11 is 0. The third kappa shape index (κ3) is 0.893. The van der Waals surface area contributed by atoms with Crippen molar-refractivity contribution in [1.82, 2.24) is 0 Å². The zero-order valence-electron chi connectivity index (χ0n) is 9.09. The highest BCUT2D eigenvalue weighted by molar-refractivity contribution is 5.57. The zero-order chi connectivity index (χ0) is 9.76. The van der Waals surface area contributed by atoms with Gasteiger partial charge < -0.3 is 0 Å². The second kappa shape index (κ2) is 2.62. The highest BCUT2D eigenvalue weighted by Crippen LogP contribution is 2.59. The van der Waals surface area contributed by atoms with Gasteiger partial charge in [0.15, 0.2) is 0 Å². The van der Waals surface area contributed by atoms with E-state index in [4.69, 9.17) is 0 Å². The van der Waals surface area contributed by atoms with Gasteiger partial charge >= 0.3 is 0 Å². The minimum Gasteiger partial charge on any atom is -0.0832 e. The van der Waals surface area contributed by atoms with Gasteiger partial charge in [-0.3, -0.25) is 0 Å². The standard InChI is InChI=1S/C14H18/c1-3-12-11-4-5-13(12)14(9-11)7-6-10(2)8-14/h3-5,9-10,13H,6-8H2,1-2H3. The van der Waals surface area contributed by atoms with Crippen molar-refractivity contribution in [1.29, 1.82) is 0 Å². The molecule has 0 saturated heterocycles. The Bertz CT molecular complexity index is 356. The first-order valence-corrected chi connectivity index (χ1v) is 5.83. The van der Waals surface area contributed by atoms with E-state index in [1.165, 1.54) is 24.8 Å². The number of rotatable bonds is 0. The molecule has 0 aliphatic heterocycles. The molecular weight excluding hydrogens is 168 g/mol. The molecule has 0 nitrogen and oxygen atoms in total. The molecule has 14 heavy (non-hydrogen) atoms. The van der Waals surface area contributed by atoms with E-state index >= 15 is 0 Å². The SMILES string of the molecule is CC=C1C2=CC3(CCC(C)C3)C1C=C2. The Morgan fingerprint density at radius 1 is 1.50 bits per heavy atom. The van der Waals surface area contributed by atoms with E-state index in [2.05, 4.69) is 38.2 Å². The lowest BCUT2D eigenvalue weighted by Gasteiger charge is -2.28. The van der Waals surface area contributed by atoms with E-state index < -0.39 is 0 Å². The van der Waals surface area contributed by atoms with E-state index in [0.717, 1.165) is 11.8 Å². The van der Waals surface area contributed by atoms with Crippen molar-refractivity contribution in [3.8, 4) is 0 Å². The van der Waals surface area contributed by atoms with Gasteiger partial charge in [-0.15, -0.1) is 0 Å². The van der Waals surface area contributed by atoms with Crippen molar-refractivity contribution in [2.24, 2.45) is 17.3 Å². The topological polar surface area (TPSA) is 0 Å². The summed E-state index contributed by atoms with van der Waals surface area (Å²) in [6, 6.07) is 0. The van der Waals surface area contributed by atoms with Gasteiger partial charge in [-0.05, 0) is 48.7 Å². The maximum absolute atomic E-state index is 2.57. The van der Waals surface area contributed by atoms with Crippen LogP contribution in [0.5, 0.6) is 0 Å². The molecule has 0 heterocycles. The summed E-state index contributed by atoms with van der Waals surface area (Å²) in [6.45, 7) is 4.58. The van der Waals surface area contributed by atoms with Crippen molar-refractivity contribution in [3.05, 3.63) is 35.5 Å². The van der Waals surface area contributed by atoms with E-state index in [9.17, 15) is 0 Å². The van der Waals surface area contributed by atoms with Gasteiger partial charge in [-0.2, -0.15) is 0 Å². The summed E-state index contributed by atoms with van der Waals surface area (Å²) < 4.78 is 0. The maximum Gasteiger partial charge on any atom is 0.0115 e. The summed E-state index contributed by atoms with van der Waals surface area (Å²) in [5.41, 5.74) is 3.65. The predicted molar refractivity (Wildman–Crippen MR) is 59.9 cm³/mol. The maximum atomic E-state index is 2.57. The van der Waals surface area contributed by atoms with Crippen LogP contribution in [0.15, 0.2) is 35.5 Å². The number of hydrogen-bond acceptors (Lipinski definition) is 0. The minimum atomic E-state index is 0.533. The first-order valence-electron chi connectivity index (χ1n) is 5.83. The van der Waals surface area contributed by atoms with Crippen LogP contribution in [0.25, 0.3) is 0 Å². The molecule has 0 amide bonds. The normalized spacial score (nSPS) is 47.0. The predicted octanol–water partition coefficient (Wildman–Crippen LogP) is 3.87. The third-order valence-electron chi connectivity index (χ3n) is 4.34. The van der Waals surface area contributed by atoms with Crippen molar-refractivity contribution in [2.45, 2.75) is 33.1 Å². The average Bonchev–Trinajstić information content (AvgIpc) is 2.79. The molecule has 3 rings (SSSR count). The summed E-state index contributed by atoms with van der Waals surface area (Å²) in [5, 5.41) is 0. The van der Waals surface area contributed by atoms with Crippen LogP contribution in [0, 0.1) is 17.3 Å². The first kappa shape index (κ1) is 8.52. The lowest BCUT2D eigenvalue weighted by Crippen LogP contribution is -2.21. The quantitative estimate of drug-likeness (QED) is 0.539. The van der Waals surface area contributed by atoms with E-state index in [1.54, 1.807) is 5.57 Å². The third-order valence-corrected chi connectivity index (χ3v) is 4.34. The van der Waals surface area contributed by atoms with E-state index in [0.29, 0.717) is 5.41 Å². The molecule has 1 saturated carbocycles. The van der Waals surface area contributed by atoms with Gasteiger partial charge in [0.25, 0.3) is 0 Å². The molecule has 1 fully saturated rings. The fourth-order valence-electron chi connectivity index (χ4n) is 3.74. The van der Waals surface area contributed by atoms with Gasteiger partial charge in [0, 0.05) is 5.92 Å². The molecule has 0 N–H and O–H groups in total. The molecule has 3 unspecified atom stereocenters. The van der Waals surface area contributed by atoms with Crippen molar-refractivity contribution in [3.63, 3.8) is 0 Å². The Morgan fingerprint density at radius 2 is 2.36 bits per heavy atom. The Hall–Kier alpha value is -0.780. The summed E-state index contributed by atoms with van der Waals surface area (Å²) in [6.07, 6.45) is 13.9. The van der Waals surface area contributed by atoms with Crippen LogP contribution in [0.3, 0.4) is 0 Å². The molecule has 3 aliphatic rings. The van der Waals surface area contributed by atoms with Gasteiger partial charge in [-0.25, -0.2) is 0 Å². The largest absolute Gasteiger partial charge is 0.0832 e. The fourth-order valence-corrected chi connectivity index (χ4v) is 3.74. The van der Waals surface area contributed by atoms with Gasteiger partial charge in [0.2, 0.25) is 0 Å². The average molecular weight is 186 g/mol. The molecule has 74 valence electrons. The molecule has 0 aromatic carbocycles. The molecule has 1 spiro atoms. The molecule has 0 heteroatoms.